The second kappa shape index (κ2) is 8.47. The largest absolute Gasteiger partial charge is 0.497 e. The Balaban J connectivity index is 1.98. The van der Waals surface area contributed by atoms with Crippen molar-refractivity contribution in [3.05, 3.63) is 96.2 Å². The number of ether oxygens (including phenoxy) is 2. The number of hydrogen-bond donors (Lipinski definition) is 0. The van der Waals surface area contributed by atoms with Crippen molar-refractivity contribution in [1.29, 1.82) is 0 Å². The number of nitrogens with zero attached hydrogens (tertiary/aromatic N) is 1. The summed E-state index contributed by atoms with van der Waals surface area (Å²) in [4.78, 5) is 13.3. The Morgan fingerprint density at radius 2 is 1.58 bits per heavy atom. The zero-order valence-corrected chi connectivity index (χ0v) is 19.0. The second-order valence-electron chi connectivity index (χ2n) is 7.95. The van der Waals surface area contributed by atoms with E-state index in [0.717, 1.165) is 50.1 Å². The van der Waals surface area contributed by atoms with Crippen molar-refractivity contribution in [3.8, 4) is 28.0 Å². The molecule has 0 aliphatic carbocycles. The van der Waals surface area contributed by atoms with E-state index in [1.807, 2.05) is 68.4 Å². The lowest BCUT2D eigenvalue weighted by atomic mass is 9.96. The van der Waals surface area contributed by atoms with Gasteiger partial charge in [0.15, 0.2) is 0 Å². The Morgan fingerprint density at radius 3 is 2.27 bits per heavy atom. The van der Waals surface area contributed by atoms with Crippen molar-refractivity contribution in [3.63, 3.8) is 0 Å². The SMILES string of the molecule is CCOC(=O)c1c(-c2ccc(OC)cc2)c2c(-c3ccccc3)cc3ccccc3n2c1C. The van der Waals surface area contributed by atoms with Gasteiger partial charge in [-0.3, -0.25) is 0 Å². The summed E-state index contributed by atoms with van der Waals surface area (Å²) in [6, 6.07) is 28.6. The van der Waals surface area contributed by atoms with Crippen LogP contribution in [0.3, 0.4) is 0 Å². The highest BCUT2D eigenvalue weighted by Gasteiger charge is 2.27. The van der Waals surface area contributed by atoms with Gasteiger partial charge in [0, 0.05) is 16.8 Å². The molecule has 3 aromatic carbocycles. The smallest absolute Gasteiger partial charge is 0.340 e. The van der Waals surface area contributed by atoms with Crippen LogP contribution in [-0.4, -0.2) is 24.1 Å². The fraction of sp³-hybridized carbons (Fsp3) is 0.138. The Labute approximate surface area is 193 Å². The normalized spacial score (nSPS) is 11.1. The van der Waals surface area contributed by atoms with Gasteiger partial charge in [0.25, 0.3) is 0 Å². The number of fused-ring (bicyclic) bond motifs is 3. The van der Waals surface area contributed by atoms with Crippen LogP contribution in [0.1, 0.15) is 23.0 Å². The highest BCUT2D eigenvalue weighted by molar-refractivity contribution is 6.10. The summed E-state index contributed by atoms with van der Waals surface area (Å²) in [5.74, 6) is 0.456. The molecule has 4 heteroatoms. The monoisotopic (exact) mass is 435 g/mol. The number of carbonyl (C=O) groups is 1. The van der Waals surface area contributed by atoms with Gasteiger partial charge in [-0.15, -0.1) is 0 Å². The third-order valence-electron chi connectivity index (χ3n) is 6.08. The number of aryl methyl sites for hydroxylation is 1. The van der Waals surface area contributed by atoms with Gasteiger partial charge in [-0.2, -0.15) is 0 Å². The molecule has 0 N–H and O–H groups in total. The summed E-state index contributed by atoms with van der Waals surface area (Å²) in [6.07, 6.45) is 0. The molecular weight excluding hydrogens is 410 g/mol. The van der Waals surface area contributed by atoms with Crippen LogP contribution in [0.4, 0.5) is 0 Å². The summed E-state index contributed by atoms with van der Waals surface area (Å²) >= 11 is 0. The summed E-state index contributed by atoms with van der Waals surface area (Å²) in [6.45, 7) is 4.15. The van der Waals surface area contributed by atoms with Crippen LogP contribution in [0.25, 0.3) is 38.7 Å². The molecule has 0 bridgehead atoms. The van der Waals surface area contributed by atoms with Crippen LogP contribution < -0.4 is 4.74 Å². The van der Waals surface area contributed by atoms with Crippen LogP contribution >= 0.6 is 0 Å². The van der Waals surface area contributed by atoms with Gasteiger partial charge < -0.3 is 13.9 Å². The third kappa shape index (κ3) is 3.44. The van der Waals surface area contributed by atoms with Gasteiger partial charge in [-0.25, -0.2) is 4.79 Å². The van der Waals surface area contributed by atoms with E-state index in [0.29, 0.717) is 12.2 Å². The maximum atomic E-state index is 13.3. The van der Waals surface area contributed by atoms with Gasteiger partial charge in [-0.1, -0.05) is 60.7 Å². The average molecular weight is 436 g/mol. The Morgan fingerprint density at radius 1 is 0.879 bits per heavy atom. The molecule has 0 radical (unpaired) electrons. The maximum absolute atomic E-state index is 13.3. The number of rotatable bonds is 5. The Bertz CT molecular complexity index is 1460. The predicted octanol–water partition coefficient (Wildman–Crippen LogP) is 6.92. The van der Waals surface area contributed by atoms with Crippen molar-refractivity contribution in [2.75, 3.05) is 13.7 Å². The lowest BCUT2D eigenvalue weighted by Gasteiger charge is -2.13. The van der Waals surface area contributed by atoms with E-state index in [4.69, 9.17) is 9.47 Å². The van der Waals surface area contributed by atoms with Crippen molar-refractivity contribution < 1.29 is 14.3 Å². The molecule has 0 saturated heterocycles. The number of benzene rings is 3. The zero-order chi connectivity index (χ0) is 22.9. The quantitative estimate of drug-likeness (QED) is 0.281. The molecule has 33 heavy (non-hydrogen) atoms. The summed E-state index contributed by atoms with van der Waals surface area (Å²) in [5, 5.41) is 1.11. The molecule has 4 nitrogen and oxygen atoms in total. The molecule has 0 spiro atoms. The van der Waals surface area contributed by atoms with E-state index < -0.39 is 0 Å². The van der Waals surface area contributed by atoms with E-state index >= 15 is 0 Å². The Hall–Kier alpha value is -4.05. The number of esters is 1. The van der Waals surface area contributed by atoms with Crippen LogP contribution in [0, 0.1) is 6.92 Å². The first-order chi connectivity index (χ1) is 16.1. The first-order valence-corrected chi connectivity index (χ1v) is 11.1. The minimum absolute atomic E-state index is 0.312. The Kier molecular flexibility index (Phi) is 5.35. The van der Waals surface area contributed by atoms with Gasteiger partial charge in [0.05, 0.1) is 30.3 Å². The minimum Gasteiger partial charge on any atom is -0.497 e. The molecule has 5 rings (SSSR count). The molecular formula is C29H25NO3. The number of para-hydroxylation sites is 1. The van der Waals surface area contributed by atoms with Crippen LogP contribution in [0.2, 0.25) is 0 Å². The fourth-order valence-corrected chi connectivity index (χ4v) is 4.61. The second-order valence-corrected chi connectivity index (χ2v) is 7.95. The zero-order valence-electron chi connectivity index (χ0n) is 19.0. The third-order valence-corrected chi connectivity index (χ3v) is 6.08. The molecule has 0 unspecified atom stereocenters. The van der Waals surface area contributed by atoms with Gasteiger partial charge >= 0.3 is 5.97 Å². The van der Waals surface area contributed by atoms with Crippen molar-refractivity contribution in [2.24, 2.45) is 0 Å². The number of carbonyl (C=O) groups excluding carboxylic acids is 1. The van der Waals surface area contributed by atoms with Crippen LogP contribution in [-0.2, 0) is 4.74 Å². The predicted molar refractivity (Wildman–Crippen MR) is 133 cm³/mol. The first-order valence-electron chi connectivity index (χ1n) is 11.1. The first kappa shape index (κ1) is 20.8. The number of hydrogen-bond acceptors (Lipinski definition) is 3. The van der Waals surface area contributed by atoms with E-state index in [9.17, 15) is 4.79 Å². The molecule has 164 valence electrons. The molecule has 0 fully saturated rings. The van der Waals surface area contributed by atoms with Crippen LogP contribution in [0.15, 0.2) is 84.9 Å². The molecule has 0 saturated carbocycles. The molecule has 0 atom stereocenters. The summed E-state index contributed by atoms with van der Waals surface area (Å²) in [7, 11) is 1.65. The molecule has 0 aliphatic heterocycles. The van der Waals surface area contributed by atoms with Crippen molar-refractivity contribution in [2.45, 2.75) is 13.8 Å². The van der Waals surface area contributed by atoms with Crippen LogP contribution in [0.5, 0.6) is 5.75 Å². The van der Waals surface area contributed by atoms with E-state index in [1.165, 1.54) is 0 Å². The topological polar surface area (TPSA) is 39.9 Å². The number of aromatic nitrogens is 1. The lowest BCUT2D eigenvalue weighted by Crippen LogP contribution is -2.07. The van der Waals surface area contributed by atoms with E-state index in [-0.39, 0.29) is 5.97 Å². The molecule has 5 aromatic rings. The molecule has 2 aromatic heterocycles. The maximum Gasteiger partial charge on any atom is 0.340 e. The molecule has 0 aliphatic rings. The van der Waals surface area contributed by atoms with Gasteiger partial charge in [0.2, 0.25) is 0 Å². The number of methoxy groups -OCH3 is 1. The van der Waals surface area contributed by atoms with E-state index in [1.54, 1.807) is 7.11 Å². The molecule has 0 amide bonds. The average Bonchev–Trinajstić information content (AvgIpc) is 3.17. The lowest BCUT2D eigenvalue weighted by molar-refractivity contribution is 0.0526. The summed E-state index contributed by atoms with van der Waals surface area (Å²) in [5.41, 5.74) is 7.48. The fourth-order valence-electron chi connectivity index (χ4n) is 4.61. The van der Waals surface area contributed by atoms with Crippen molar-refractivity contribution in [1.82, 2.24) is 4.40 Å². The van der Waals surface area contributed by atoms with E-state index in [2.05, 4.69) is 34.7 Å². The number of pyridine rings is 1. The van der Waals surface area contributed by atoms with Crippen molar-refractivity contribution >= 4 is 22.4 Å². The van der Waals surface area contributed by atoms with Gasteiger partial charge in [0.1, 0.15) is 5.75 Å². The summed E-state index contributed by atoms with van der Waals surface area (Å²) < 4.78 is 13.1. The standard InChI is InChI=1S/C29H25NO3/c1-4-33-29(31)26-19(2)30-25-13-9-8-12-22(25)18-24(20-10-6-5-7-11-20)28(30)27(26)21-14-16-23(32-3)17-15-21/h5-18H,4H2,1-3H3. The molecule has 2 heterocycles. The minimum atomic E-state index is -0.312. The highest BCUT2D eigenvalue weighted by atomic mass is 16.5. The van der Waals surface area contributed by atoms with Gasteiger partial charge in [-0.05, 0) is 54.6 Å². The highest BCUT2D eigenvalue weighted by Crippen LogP contribution is 2.42.